The molecule has 1 aromatic carbocycles. The van der Waals surface area contributed by atoms with Gasteiger partial charge in [0.15, 0.2) is 6.79 Å². The number of methoxy groups -OCH3 is 1. The molecule has 0 atom stereocenters. The highest BCUT2D eigenvalue weighted by Gasteiger charge is 1.99. The molecule has 0 aliphatic carbocycles. The zero-order valence-electron chi connectivity index (χ0n) is 6.71. The molecule has 4 heteroatoms. The lowest BCUT2D eigenvalue weighted by molar-refractivity contribution is 0.0506. The Labute approximate surface area is 79.6 Å². The second kappa shape index (κ2) is 4.33. The van der Waals surface area contributed by atoms with Gasteiger partial charge in [0.25, 0.3) is 0 Å². The Morgan fingerprint density at radius 1 is 1.50 bits per heavy atom. The lowest BCUT2D eigenvalue weighted by Gasteiger charge is -2.06. The van der Waals surface area contributed by atoms with Crippen LogP contribution in [0.3, 0.4) is 0 Å². The van der Waals surface area contributed by atoms with Crippen LogP contribution in [0.1, 0.15) is 0 Å². The Balaban J connectivity index is 2.75. The molecule has 1 rings (SSSR count). The van der Waals surface area contributed by atoms with E-state index in [2.05, 4.69) is 15.9 Å². The standard InChI is InChI=1S/C8H10BrNO2/c1-11-5-12-8-4-6(10)2-3-7(8)9/h2-4H,5,10H2,1H3. The number of hydrogen-bond acceptors (Lipinski definition) is 3. The van der Waals surface area contributed by atoms with Crippen molar-refractivity contribution in [3.63, 3.8) is 0 Å². The van der Waals surface area contributed by atoms with Gasteiger partial charge in [0.05, 0.1) is 4.47 Å². The molecule has 0 heterocycles. The fraction of sp³-hybridized carbons (Fsp3) is 0.250. The maximum absolute atomic E-state index is 5.56. The third kappa shape index (κ3) is 2.39. The van der Waals surface area contributed by atoms with Crippen molar-refractivity contribution in [1.29, 1.82) is 0 Å². The zero-order chi connectivity index (χ0) is 8.97. The molecule has 0 bridgehead atoms. The molecule has 0 aliphatic heterocycles. The summed E-state index contributed by atoms with van der Waals surface area (Å²) in [4.78, 5) is 0. The van der Waals surface area contributed by atoms with Gasteiger partial charge < -0.3 is 15.2 Å². The van der Waals surface area contributed by atoms with Crippen molar-refractivity contribution in [2.75, 3.05) is 19.6 Å². The van der Waals surface area contributed by atoms with Crippen molar-refractivity contribution >= 4 is 21.6 Å². The van der Waals surface area contributed by atoms with Crippen LogP contribution in [-0.4, -0.2) is 13.9 Å². The van der Waals surface area contributed by atoms with Gasteiger partial charge in [0, 0.05) is 18.9 Å². The van der Waals surface area contributed by atoms with E-state index in [-0.39, 0.29) is 6.79 Å². The van der Waals surface area contributed by atoms with Crippen molar-refractivity contribution in [2.24, 2.45) is 0 Å². The van der Waals surface area contributed by atoms with E-state index < -0.39 is 0 Å². The van der Waals surface area contributed by atoms with Crippen LogP contribution in [0.2, 0.25) is 0 Å². The maximum Gasteiger partial charge on any atom is 0.188 e. The van der Waals surface area contributed by atoms with Crippen molar-refractivity contribution in [3.8, 4) is 5.75 Å². The minimum absolute atomic E-state index is 0.224. The largest absolute Gasteiger partial charge is 0.466 e. The van der Waals surface area contributed by atoms with Gasteiger partial charge in [0.2, 0.25) is 0 Å². The summed E-state index contributed by atoms with van der Waals surface area (Å²) in [6.45, 7) is 0.224. The lowest BCUT2D eigenvalue weighted by atomic mass is 10.3. The highest BCUT2D eigenvalue weighted by Crippen LogP contribution is 2.26. The molecular weight excluding hydrogens is 222 g/mol. The molecule has 2 N–H and O–H groups in total. The minimum Gasteiger partial charge on any atom is -0.466 e. The molecule has 0 aliphatic rings. The molecule has 0 fully saturated rings. The van der Waals surface area contributed by atoms with E-state index in [1.165, 1.54) is 0 Å². The molecule has 3 nitrogen and oxygen atoms in total. The van der Waals surface area contributed by atoms with Crippen LogP contribution in [0.5, 0.6) is 5.75 Å². The van der Waals surface area contributed by atoms with E-state index in [0.29, 0.717) is 11.4 Å². The fourth-order valence-corrected chi connectivity index (χ4v) is 1.11. The van der Waals surface area contributed by atoms with Crippen molar-refractivity contribution < 1.29 is 9.47 Å². The van der Waals surface area contributed by atoms with Crippen LogP contribution >= 0.6 is 15.9 Å². The van der Waals surface area contributed by atoms with E-state index in [9.17, 15) is 0 Å². The van der Waals surface area contributed by atoms with Gasteiger partial charge in [-0.05, 0) is 28.1 Å². The average Bonchev–Trinajstić information content (AvgIpc) is 2.07. The number of nitrogen functional groups attached to an aromatic ring is 1. The van der Waals surface area contributed by atoms with Gasteiger partial charge in [-0.3, -0.25) is 0 Å². The van der Waals surface area contributed by atoms with Gasteiger partial charge in [-0.1, -0.05) is 0 Å². The van der Waals surface area contributed by atoms with Crippen LogP contribution < -0.4 is 10.5 Å². The minimum atomic E-state index is 0.224. The summed E-state index contributed by atoms with van der Waals surface area (Å²) in [6, 6.07) is 5.37. The third-order valence-electron chi connectivity index (χ3n) is 1.29. The summed E-state index contributed by atoms with van der Waals surface area (Å²) in [5, 5.41) is 0. The lowest BCUT2D eigenvalue weighted by Crippen LogP contribution is -1.99. The first-order valence-corrected chi connectivity index (χ1v) is 4.20. The molecule has 0 spiro atoms. The first-order valence-electron chi connectivity index (χ1n) is 3.41. The van der Waals surface area contributed by atoms with E-state index in [1.54, 1.807) is 19.2 Å². The molecule has 0 amide bonds. The van der Waals surface area contributed by atoms with E-state index >= 15 is 0 Å². The van der Waals surface area contributed by atoms with Gasteiger partial charge in [-0.2, -0.15) is 0 Å². The van der Waals surface area contributed by atoms with Gasteiger partial charge in [-0.15, -0.1) is 0 Å². The second-order valence-corrected chi connectivity index (χ2v) is 3.10. The monoisotopic (exact) mass is 231 g/mol. The van der Waals surface area contributed by atoms with Crippen LogP contribution in [0.25, 0.3) is 0 Å². The summed E-state index contributed by atoms with van der Waals surface area (Å²) < 4.78 is 10.8. The Morgan fingerprint density at radius 3 is 2.92 bits per heavy atom. The molecule has 66 valence electrons. The molecule has 1 aromatic rings. The predicted molar refractivity (Wildman–Crippen MR) is 51.1 cm³/mol. The van der Waals surface area contributed by atoms with Gasteiger partial charge >= 0.3 is 0 Å². The van der Waals surface area contributed by atoms with Gasteiger partial charge in [0.1, 0.15) is 5.75 Å². The topological polar surface area (TPSA) is 44.5 Å². The summed E-state index contributed by atoms with van der Waals surface area (Å²) in [5.74, 6) is 0.692. The summed E-state index contributed by atoms with van der Waals surface area (Å²) in [5.41, 5.74) is 6.23. The molecule has 0 saturated carbocycles. The Bertz CT molecular complexity index is 265. The Hall–Kier alpha value is -0.740. The van der Waals surface area contributed by atoms with Crippen LogP contribution in [-0.2, 0) is 4.74 Å². The van der Waals surface area contributed by atoms with Crippen molar-refractivity contribution in [2.45, 2.75) is 0 Å². The number of rotatable bonds is 3. The quantitative estimate of drug-likeness (QED) is 0.640. The van der Waals surface area contributed by atoms with E-state index in [4.69, 9.17) is 15.2 Å². The number of halogens is 1. The molecule has 0 saturated heterocycles. The second-order valence-electron chi connectivity index (χ2n) is 2.24. The Kier molecular flexibility index (Phi) is 3.37. The molecule has 0 unspecified atom stereocenters. The SMILES string of the molecule is COCOc1cc(N)ccc1Br. The molecular formula is C8H10BrNO2. The van der Waals surface area contributed by atoms with E-state index in [1.807, 2.05) is 6.07 Å². The van der Waals surface area contributed by atoms with Crippen LogP contribution in [0.4, 0.5) is 5.69 Å². The fourth-order valence-electron chi connectivity index (χ4n) is 0.753. The van der Waals surface area contributed by atoms with Crippen molar-refractivity contribution in [3.05, 3.63) is 22.7 Å². The Morgan fingerprint density at radius 2 is 2.25 bits per heavy atom. The average molecular weight is 232 g/mol. The summed E-state index contributed by atoms with van der Waals surface area (Å²) in [7, 11) is 1.57. The van der Waals surface area contributed by atoms with Crippen molar-refractivity contribution in [1.82, 2.24) is 0 Å². The summed E-state index contributed by atoms with van der Waals surface area (Å²) in [6.07, 6.45) is 0. The maximum atomic E-state index is 5.56. The summed E-state index contributed by atoms with van der Waals surface area (Å²) >= 11 is 3.32. The third-order valence-corrected chi connectivity index (χ3v) is 1.94. The number of anilines is 1. The zero-order valence-corrected chi connectivity index (χ0v) is 8.30. The highest BCUT2D eigenvalue weighted by molar-refractivity contribution is 9.10. The number of ether oxygens (including phenoxy) is 2. The molecule has 12 heavy (non-hydrogen) atoms. The first kappa shape index (κ1) is 9.35. The number of benzene rings is 1. The number of nitrogens with two attached hydrogens (primary N) is 1. The smallest absolute Gasteiger partial charge is 0.188 e. The predicted octanol–water partition coefficient (Wildman–Crippen LogP) is 2.01. The molecule has 0 aromatic heterocycles. The van der Waals surface area contributed by atoms with Gasteiger partial charge in [-0.25, -0.2) is 0 Å². The first-order chi connectivity index (χ1) is 5.74. The normalized spacial score (nSPS) is 9.83. The van der Waals surface area contributed by atoms with Crippen LogP contribution in [0.15, 0.2) is 22.7 Å². The van der Waals surface area contributed by atoms with E-state index in [0.717, 1.165) is 4.47 Å². The van der Waals surface area contributed by atoms with Crippen LogP contribution in [0, 0.1) is 0 Å². The highest BCUT2D eigenvalue weighted by atomic mass is 79.9. The number of hydrogen-bond donors (Lipinski definition) is 1. The molecule has 0 radical (unpaired) electrons.